The second kappa shape index (κ2) is 5.25. The third-order valence-corrected chi connectivity index (χ3v) is 3.45. The highest BCUT2D eigenvalue weighted by Gasteiger charge is 2.13. The molecule has 2 aromatic rings. The van der Waals surface area contributed by atoms with Crippen LogP contribution in [0, 0.1) is 0 Å². The van der Waals surface area contributed by atoms with Crippen LogP contribution in [0.1, 0.15) is 22.3 Å². The monoisotopic (exact) mass is 268 g/mol. The van der Waals surface area contributed by atoms with Crippen LogP contribution in [0.5, 0.6) is 5.75 Å². The summed E-state index contributed by atoms with van der Waals surface area (Å²) in [7, 11) is 0. The van der Waals surface area contributed by atoms with Crippen LogP contribution in [0.2, 0.25) is 0 Å². The first kappa shape index (κ1) is 12.5. The van der Waals surface area contributed by atoms with Crippen molar-refractivity contribution in [2.45, 2.75) is 12.8 Å². The Morgan fingerprint density at radius 3 is 2.90 bits per heavy atom. The topological polar surface area (TPSA) is 61.4 Å². The Labute approximate surface area is 117 Å². The maximum Gasteiger partial charge on any atom is 0.259 e. The maximum absolute atomic E-state index is 12.1. The lowest BCUT2D eigenvalue weighted by Gasteiger charge is -2.18. The van der Waals surface area contributed by atoms with Crippen LogP contribution in [0.15, 0.2) is 42.5 Å². The van der Waals surface area contributed by atoms with Crippen molar-refractivity contribution in [3.8, 4) is 5.75 Å². The van der Waals surface area contributed by atoms with Gasteiger partial charge in [-0.25, -0.2) is 0 Å². The van der Waals surface area contributed by atoms with Crippen LogP contribution < -0.4 is 10.6 Å². The third kappa shape index (κ3) is 2.45. The van der Waals surface area contributed by atoms with E-state index < -0.39 is 0 Å². The molecular formula is C16H16N2O2. The van der Waals surface area contributed by atoms with E-state index in [0.29, 0.717) is 0 Å². The van der Waals surface area contributed by atoms with Gasteiger partial charge in [-0.1, -0.05) is 12.1 Å². The second-order valence-corrected chi connectivity index (χ2v) is 4.87. The molecule has 20 heavy (non-hydrogen) atoms. The summed E-state index contributed by atoms with van der Waals surface area (Å²) in [5, 5.41) is 15.8. The third-order valence-electron chi connectivity index (χ3n) is 3.45. The lowest BCUT2D eigenvalue weighted by Crippen LogP contribution is -2.14. The fourth-order valence-electron chi connectivity index (χ4n) is 2.42. The number of aryl methyl sites for hydroxylation is 1. The van der Waals surface area contributed by atoms with Gasteiger partial charge in [0.15, 0.2) is 0 Å². The zero-order valence-electron chi connectivity index (χ0n) is 11.0. The maximum atomic E-state index is 12.1. The molecule has 0 bridgehead atoms. The van der Waals surface area contributed by atoms with E-state index in [1.54, 1.807) is 18.2 Å². The molecule has 1 aliphatic heterocycles. The van der Waals surface area contributed by atoms with E-state index in [2.05, 4.69) is 10.6 Å². The van der Waals surface area contributed by atoms with E-state index in [1.807, 2.05) is 18.2 Å². The lowest BCUT2D eigenvalue weighted by atomic mass is 10.0. The van der Waals surface area contributed by atoms with Crippen LogP contribution >= 0.6 is 0 Å². The van der Waals surface area contributed by atoms with Crippen LogP contribution in [-0.2, 0) is 6.42 Å². The molecule has 0 atom stereocenters. The zero-order chi connectivity index (χ0) is 13.9. The Morgan fingerprint density at radius 2 is 2.05 bits per heavy atom. The molecule has 0 aromatic heterocycles. The number of hydrogen-bond donors (Lipinski definition) is 3. The van der Waals surface area contributed by atoms with E-state index in [0.717, 1.165) is 30.8 Å². The summed E-state index contributed by atoms with van der Waals surface area (Å²) < 4.78 is 0. The van der Waals surface area contributed by atoms with Gasteiger partial charge >= 0.3 is 0 Å². The summed E-state index contributed by atoms with van der Waals surface area (Å²) in [5.41, 5.74) is 3.38. The first-order chi connectivity index (χ1) is 9.74. The number of para-hydroxylation sites is 1. The number of aromatic hydroxyl groups is 1. The van der Waals surface area contributed by atoms with Gasteiger partial charge in [-0.15, -0.1) is 0 Å². The molecule has 1 amide bonds. The highest BCUT2D eigenvalue weighted by Crippen LogP contribution is 2.26. The van der Waals surface area contributed by atoms with Gasteiger partial charge in [-0.05, 0) is 48.7 Å². The normalized spacial score (nSPS) is 13.2. The van der Waals surface area contributed by atoms with E-state index in [-0.39, 0.29) is 17.2 Å². The Hall–Kier alpha value is -2.49. The van der Waals surface area contributed by atoms with Crippen molar-refractivity contribution in [2.75, 3.05) is 17.2 Å². The van der Waals surface area contributed by atoms with Crippen molar-refractivity contribution < 1.29 is 9.90 Å². The van der Waals surface area contributed by atoms with Gasteiger partial charge in [0.2, 0.25) is 0 Å². The molecule has 0 unspecified atom stereocenters. The number of phenolic OH excluding ortho intramolecular Hbond substituents is 1. The molecule has 4 heteroatoms. The standard InChI is InChI=1S/C16H16N2O2/c19-15-6-2-1-5-13(15)16(20)18-12-7-8-14-11(10-12)4-3-9-17-14/h1-2,5-8,10,17,19H,3-4,9H2,(H,18,20). The van der Waals surface area contributed by atoms with Gasteiger partial charge in [-0.2, -0.15) is 0 Å². The van der Waals surface area contributed by atoms with Crippen molar-refractivity contribution >= 4 is 17.3 Å². The Bertz CT molecular complexity index is 653. The molecule has 0 spiro atoms. The zero-order valence-corrected chi connectivity index (χ0v) is 11.0. The predicted octanol–water partition coefficient (Wildman–Crippen LogP) is 3.00. The van der Waals surface area contributed by atoms with Crippen LogP contribution in [0.3, 0.4) is 0 Å². The number of rotatable bonds is 2. The summed E-state index contributed by atoms with van der Waals surface area (Å²) in [6, 6.07) is 12.4. The molecule has 4 nitrogen and oxygen atoms in total. The van der Waals surface area contributed by atoms with Gasteiger partial charge in [-0.3, -0.25) is 4.79 Å². The van der Waals surface area contributed by atoms with Crippen molar-refractivity contribution in [2.24, 2.45) is 0 Å². The Morgan fingerprint density at radius 1 is 1.20 bits per heavy atom. The molecule has 0 fully saturated rings. The number of fused-ring (bicyclic) bond motifs is 1. The summed E-state index contributed by atoms with van der Waals surface area (Å²) in [6.45, 7) is 0.997. The average Bonchev–Trinajstić information content (AvgIpc) is 2.47. The van der Waals surface area contributed by atoms with Crippen LogP contribution in [0.4, 0.5) is 11.4 Å². The van der Waals surface area contributed by atoms with Gasteiger partial charge in [0.1, 0.15) is 5.75 Å². The summed E-state index contributed by atoms with van der Waals surface area (Å²) in [4.78, 5) is 12.1. The molecule has 102 valence electrons. The van der Waals surface area contributed by atoms with E-state index in [1.165, 1.54) is 11.6 Å². The fourth-order valence-corrected chi connectivity index (χ4v) is 2.42. The highest BCUT2D eigenvalue weighted by molar-refractivity contribution is 6.06. The molecule has 1 aliphatic rings. The van der Waals surface area contributed by atoms with Crippen molar-refractivity contribution in [1.82, 2.24) is 0 Å². The average molecular weight is 268 g/mol. The molecule has 3 rings (SSSR count). The minimum Gasteiger partial charge on any atom is -0.507 e. The number of nitrogens with one attached hydrogen (secondary N) is 2. The molecule has 0 radical (unpaired) electrons. The number of amides is 1. The van der Waals surface area contributed by atoms with Gasteiger partial charge in [0.25, 0.3) is 5.91 Å². The first-order valence-corrected chi connectivity index (χ1v) is 6.70. The van der Waals surface area contributed by atoms with Crippen molar-refractivity contribution in [3.63, 3.8) is 0 Å². The highest BCUT2D eigenvalue weighted by atomic mass is 16.3. The lowest BCUT2D eigenvalue weighted by molar-refractivity contribution is 0.102. The SMILES string of the molecule is O=C(Nc1ccc2c(c1)CCCN2)c1ccccc1O. The molecule has 0 saturated heterocycles. The predicted molar refractivity (Wildman–Crippen MR) is 79.3 cm³/mol. The fraction of sp³-hybridized carbons (Fsp3) is 0.188. The largest absolute Gasteiger partial charge is 0.507 e. The van der Waals surface area contributed by atoms with Crippen LogP contribution in [0.25, 0.3) is 0 Å². The van der Waals surface area contributed by atoms with Gasteiger partial charge < -0.3 is 15.7 Å². The second-order valence-electron chi connectivity index (χ2n) is 4.87. The Kier molecular flexibility index (Phi) is 3.29. The number of hydrogen-bond acceptors (Lipinski definition) is 3. The number of carbonyl (C=O) groups is 1. The van der Waals surface area contributed by atoms with E-state index in [9.17, 15) is 9.90 Å². The van der Waals surface area contributed by atoms with Crippen molar-refractivity contribution in [1.29, 1.82) is 0 Å². The molecule has 1 heterocycles. The number of anilines is 2. The Balaban J connectivity index is 1.81. The number of phenols is 1. The van der Waals surface area contributed by atoms with Crippen LogP contribution in [-0.4, -0.2) is 17.6 Å². The summed E-state index contributed by atoms with van der Waals surface area (Å²) in [5.74, 6) is -0.309. The summed E-state index contributed by atoms with van der Waals surface area (Å²) in [6.07, 6.45) is 2.12. The minimum atomic E-state index is -0.299. The van der Waals surface area contributed by atoms with Crippen molar-refractivity contribution in [3.05, 3.63) is 53.6 Å². The quantitative estimate of drug-likeness (QED) is 0.784. The van der Waals surface area contributed by atoms with Gasteiger partial charge in [0.05, 0.1) is 5.56 Å². The van der Waals surface area contributed by atoms with E-state index in [4.69, 9.17) is 0 Å². The molecule has 2 aromatic carbocycles. The smallest absolute Gasteiger partial charge is 0.259 e. The minimum absolute atomic E-state index is 0.00960. The number of benzene rings is 2. The molecule has 0 aliphatic carbocycles. The summed E-state index contributed by atoms with van der Waals surface area (Å²) >= 11 is 0. The molecular weight excluding hydrogens is 252 g/mol. The first-order valence-electron chi connectivity index (χ1n) is 6.70. The molecule has 3 N–H and O–H groups in total. The number of carbonyl (C=O) groups excluding carboxylic acids is 1. The van der Waals surface area contributed by atoms with E-state index >= 15 is 0 Å². The van der Waals surface area contributed by atoms with Gasteiger partial charge in [0, 0.05) is 17.9 Å². The molecule has 0 saturated carbocycles.